The van der Waals surface area contributed by atoms with E-state index in [2.05, 4.69) is 26.5 Å². The van der Waals surface area contributed by atoms with Crippen LogP contribution < -0.4 is 4.74 Å². The smallest absolute Gasteiger partial charge is 0.473 e. The van der Waals surface area contributed by atoms with Crippen molar-refractivity contribution in [3.63, 3.8) is 0 Å². The molecule has 2 aliphatic rings. The lowest BCUT2D eigenvalue weighted by Crippen LogP contribution is -2.41. The summed E-state index contributed by atoms with van der Waals surface area (Å²) in [5.41, 5.74) is 2.04. The minimum atomic E-state index is -4.50. The van der Waals surface area contributed by atoms with Crippen molar-refractivity contribution in [3.8, 4) is 11.5 Å². The van der Waals surface area contributed by atoms with Crippen LogP contribution in [-0.2, 0) is 24.8 Å². The summed E-state index contributed by atoms with van der Waals surface area (Å²) >= 11 is 0. The number of unbranched alkanes of at least 4 members (excludes halogenated alkanes) is 6. The highest BCUT2D eigenvalue weighted by Gasteiger charge is 2.50. The maximum atomic E-state index is 13.9. The molecule has 1 unspecified atom stereocenters. The summed E-state index contributed by atoms with van der Waals surface area (Å²) in [5.74, 6) is -0.477. The molecule has 0 saturated heterocycles. The van der Waals surface area contributed by atoms with Crippen LogP contribution in [0.5, 0.6) is 11.5 Å². The topological polar surface area (TPSA) is 102 Å². The van der Waals surface area contributed by atoms with Crippen LogP contribution in [0, 0.1) is 5.92 Å². The third-order valence-electron chi connectivity index (χ3n) is 8.71. The van der Waals surface area contributed by atoms with E-state index < -0.39 is 19.4 Å². The molecule has 0 bridgehead atoms. The van der Waals surface area contributed by atoms with Crippen molar-refractivity contribution in [1.29, 1.82) is 0 Å². The van der Waals surface area contributed by atoms with Gasteiger partial charge in [-0.3, -0.25) is 9.05 Å². The number of ether oxygens (including phenoxy) is 1. The molecule has 1 aromatic rings. The molecule has 8 heteroatoms. The van der Waals surface area contributed by atoms with E-state index in [9.17, 15) is 19.4 Å². The Balaban J connectivity index is 1.81. The lowest BCUT2D eigenvalue weighted by atomic mass is 9.73. The summed E-state index contributed by atoms with van der Waals surface area (Å²) in [7, 11) is -4.50. The van der Waals surface area contributed by atoms with Gasteiger partial charge in [0.2, 0.25) is 0 Å². The lowest BCUT2D eigenvalue weighted by Gasteiger charge is -2.33. The highest BCUT2D eigenvalue weighted by molar-refractivity contribution is 7.47. The summed E-state index contributed by atoms with van der Waals surface area (Å²) in [6, 6.07) is 3.58. The van der Waals surface area contributed by atoms with E-state index in [1.807, 2.05) is 19.9 Å². The summed E-state index contributed by atoms with van der Waals surface area (Å²) in [6.45, 7) is 12.6. The van der Waals surface area contributed by atoms with Gasteiger partial charge in [0.05, 0.1) is 6.61 Å². The van der Waals surface area contributed by atoms with Gasteiger partial charge in [-0.1, -0.05) is 82.6 Å². The fourth-order valence-corrected chi connectivity index (χ4v) is 7.50. The molecule has 1 saturated carbocycles. The Kier molecular flexibility index (Phi) is 13.4. The predicted octanol–water partition coefficient (Wildman–Crippen LogP) is 9.46. The van der Waals surface area contributed by atoms with E-state index in [-0.39, 0.29) is 42.8 Å². The molecular weight excluding hydrogens is 551 g/mol. The van der Waals surface area contributed by atoms with Crippen molar-refractivity contribution < 1.29 is 33.1 Å². The molecule has 0 radical (unpaired) electrons. The third-order valence-corrected chi connectivity index (χ3v) is 9.80. The zero-order valence-corrected chi connectivity index (χ0v) is 27.2. The van der Waals surface area contributed by atoms with Crippen LogP contribution in [0.15, 0.2) is 35.9 Å². The van der Waals surface area contributed by atoms with Gasteiger partial charge in [-0.05, 0) is 88.8 Å². The van der Waals surface area contributed by atoms with Crippen molar-refractivity contribution in [1.82, 2.24) is 0 Å². The first-order valence-electron chi connectivity index (χ1n) is 16.1. The molecule has 0 aromatic heterocycles. The van der Waals surface area contributed by atoms with Crippen LogP contribution in [0.3, 0.4) is 0 Å². The van der Waals surface area contributed by atoms with E-state index in [0.717, 1.165) is 49.7 Å². The fourth-order valence-electron chi connectivity index (χ4n) is 6.38. The fraction of sp³-hybridized carbons (Fsp3) is 0.676. The number of hydrogen-bond acceptors (Lipinski definition) is 6. The van der Waals surface area contributed by atoms with Gasteiger partial charge in [0.25, 0.3) is 0 Å². The van der Waals surface area contributed by atoms with E-state index in [1.165, 1.54) is 24.8 Å². The number of aryl methyl sites for hydroxylation is 1. The van der Waals surface area contributed by atoms with E-state index >= 15 is 0 Å². The maximum Gasteiger partial charge on any atom is 0.473 e. The number of carbonyl (C=O) groups excluding carboxylic acids is 1. The summed E-state index contributed by atoms with van der Waals surface area (Å²) in [4.78, 5) is 24.5. The number of hydrogen-bond donors (Lipinski definition) is 2. The largest absolute Gasteiger partial charge is 0.507 e. The van der Waals surface area contributed by atoms with Crippen molar-refractivity contribution in [3.05, 3.63) is 47.1 Å². The number of aromatic hydroxyl groups is 1. The van der Waals surface area contributed by atoms with E-state index in [0.29, 0.717) is 31.2 Å². The normalized spacial score (nSPS) is 21.5. The number of carbonyl (C=O) groups is 1. The molecule has 236 valence electrons. The van der Waals surface area contributed by atoms with Crippen molar-refractivity contribution in [2.45, 2.75) is 136 Å². The van der Waals surface area contributed by atoms with Gasteiger partial charge in [0, 0.05) is 11.5 Å². The molecule has 0 amide bonds. The van der Waals surface area contributed by atoms with Crippen LogP contribution in [0.25, 0.3) is 0 Å². The van der Waals surface area contributed by atoms with Gasteiger partial charge in [-0.25, -0.2) is 9.36 Å². The molecule has 1 aromatic carbocycles. The van der Waals surface area contributed by atoms with Gasteiger partial charge < -0.3 is 14.7 Å². The first-order valence-corrected chi connectivity index (χ1v) is 17.6. The van der Waals surface area contributed by atoms with Gasteiger partial charge in [-0.2, -0.15) is 0 Å². The SMILES string of the molecule is C=C(C)[C@@H]1CCC(C)=C[C@H]1c1c(O)cc(CCC)cc1OC(=O)C1(OP(=O)(O)OCCCCCCCCC)CCCC1. The highest BCUT2D eigenvalue weighted by Crippen LogP contribution is 2.53. The summed E-state index contributed by atoms with van der Waals surface area (Å²) < 4.78 is 30.1. The molecular formula is C34H53O7P. The molecule has 2 aliphatic carbocycles. The molecule has 0 spiro atoms. The van der Waals surface area contributed by atoms with Crippen molar-refractivity contribution in [2.75, 3.05) is 6.61 Å². The molecule has 0 heterocycles. The number of benzene rings is 1. The number of phenolic OH excluding ortho intramolecular Hbond substituents is 1. The number of phosphoric ester groups is 1. The lowest BCUT2D eigenvalue weighted by molar-refractivity contribution is -0.153. The van der Waals surface area contributed by atoms with Crippen LogP contribution in [0.1, 0.15) is 135 Å². The van der Waals surface area contributed by atoms with Crippen molar-refractivity contribution >= 4 is 13.8 Å². The number of allylic oxidation sites excluding steroid dienone is 3. The second-order valence-electron chi connectivity index (χ2n) is 12.4. The maximum absolute atomic E-state index is 13.9. The Hall–Kier alpha value is -1.92. The molecule has 7 nitrogen and oxygen atoms in total. The summed E-state index contributed by atoms with van der Waals surface area (Å²) in [5, 5.41) is 11.3. The quantitative estimate of drug-likeness (QED) is 0.0600. The molecule has 0 aliphatic heterocycles. The minimum Gasteiger partial charge on any atom is -0.507 e. The Morgan fingerprint density at radius 2 is 1.74 bits per heavy atom. The van der Waals surface area contributed by atoms with Gasteiger partial charge in [0.15, 0.2) is 5.60 Å². The number of rotatable bonds is 17. The molecule has 1 fully saturated rings. The zero-order valence-electron chi connectivity index (χ0n) is 26.3. The van der Waals surface area contributed by atoms with Crippen molar-refractivity contribution in [2.24, 2.45) is 5.92 Å². The van der Waals surface area contributed by atoms with E-state index in [1.54, 1.807) is 6.07 Å². The standard InChI is InChI=1S/C34H53O7P/c1-6-8-9-10-11-12-15-21-39-42(37,38)41-34(19-13-14-20-34)33(36)40-31-24-27(16-7-2)23-30(35)32(31)29-22-26(5)17-18-28(29)25(3)4/h22-24,28-29,35H,3,6-21H2,1-2,4-5H3,(H,37,38)/t28-,29+/m0/s1. The average Bonchev–Trinajstić information content (AvgIpc) is 3.39. The molecule has 3 rings (SSSR count). The first kappa shape index (κ1) is 34.6. The van der Waals surface area contributed by atoms with Crippen LogP contribution in [-0.4, -0.2) is 28.2 Å². The number of phosphoric acid groups is 1. The van der Waals surface area contributed by atoms with Gasteiger partial charge in [0.1, 0.15) is 11.5 Å². The Labute approximate surface area is 253 Å². The molecule has 3 atom stereocenters. The number of esters is 1. The third kappa shape index (κ3) is 9.54. The zero-order chi connectivity index (χ0) is 30.8. The molecule has 2 N–H and O–H groups in total. The van der Waals surface area contributed by atoms with Gasteiger partial charge >= 0.3 is 13.8 Å². The van der Waals surface area contributed by atoms with Crippen LogP contribution >= 0.6 is 7.82 Å². The predicted molar refractivity (Wildman–Crippen MR) is 168 cm³/mol. The minimum absolute atomic E-state index is 0.0817. The average molecular weight is 605 g/mol. The first-order chi connectivity index (χ1) is 20.0. The van der Waals surface area contributed by atoms with E-state index in [4.69, 9.17) is 13.8 Å². The second-order valence-corrected chi connectivity index (χ2v) is 13.8. The van der Waals surface area contributed by atoms with Crippen LogP contribution in [0.4, 0.5) is 0 Å². The van der Waals surface area contributed by atoms with Gasteiger partial charge in [-0.15, -0.1) is 0 Å². The Morgan fingerprint density at radius 1 is 1.07 bits per heavy atom. The monoisotopic (exact) mass is 604 g/mol. The second kappa shape index (κ2) is 16.2. The Bertz CT molecular complexity index is 1130. The van der Waals surface area contributed by atoms with Crippen LogP contribution in [0.2, 0.25) is 0 Å². The molecule has 42 heavy (non-hydrogen) atoms. The Morgan fingerprint density at radius 3 is 2.38 bits per heavy atom. The summed E-state index contributed by atoms with van der Waals surface area (Å²) in [6.07, 6.45) is 14.8. The highest BCUT2D eigenvalue weighted by atomic mass is 31.2. The number of phenols is 1.